The van der Waals surface area contributed by atoms with Crippen molar-refractivity contribution in [1.82, 2.24) is 0 Å². The summed E-state index contributed by atoms with van der Waals surface area (Å²) in [5.41, 5.74) is 0.920. The van der Waals surface area contributed by atoms with Crippen molar-refractivity contribution in [3.8, 4) is 0 Å². The van der Waals surface area contributed by atoms with Crippen LogP contribution in [-0.4, -0.2) is 11.6 Å². The molecular formula is C12H20O2. The monoisotopic (exact) mass is 196 g/mol. The highest BCUT2D eigenvalue weighted by molar-refractivity contribution is 5.66. The predicted octanol–water partition coefficient (Wildman–Crippen LogP) is 2.93. The lowest BCUT2D eigenvalue weighted by Crippen LogP contribution is -2.35. The first-order chi connectivity index (χ1) is 6.37. The summed E-state index contributed by atoms with van der Waals surface area (Å²) in [4.78, 5) is 11.0. The summed E-state index contributed by atoms with van der Waals surface area (Å²) in [6.07, 6.45) is 2.03. The van der Waals surface area contributed by atoms with Gasteiger partial charge in [-0.2, -0.15) is 0 Å². The van der Waals surface area contributed by atoms with Crippen LogP contribution in [0.2, 0.25) is 0 Å². The summed E-state index contributed by atoms with van der Waals surface area (Å²) in [7, 11) is 0. The topological polar surface area (TPSA) is 26.3 Å². The van der Waals surface area contributed by atoms with Crippen LogP contribution in [0.15, 0.2) is 12.2 Å². The molecule has 1 aliphatic rings. The molecule has 0 amide bonds. The van der Waals surface area contributed by atoms with E-state index >= 15 is 0 Å². The highest BCUT2D eigenvalue weighted by Gasteiger charge is 2.44. The van der Waals surface area contributed by atoms with E-state index in [0.717, 1.165) is 12.8 Å². The lowest BCUT2D eigenvalue weighted by molar-refractivity contribution is -0.158. The van der Waals surface area contributed by atoms with Crippen LogP contribution in [0.1, 0.15) is 40.5 Å². The first-order valence-electron chi connectivity index (χ1n) is 5.22. The van der Waals surface area contributed by atoms with E-state index in [4.69, 9.17) is 4.74 Å². The van der Waals surface area contributed by atoms with Gasteiger partial charge in [0, 0.05) is 12.8 Å². The van der Waals surface area contributed by atoms with E-state index in [1.165, 1.54) is 12.5 Å². The molecule has 0 aromatic rings. The predicted molar refractivity (Wildman–Crippen MR) is 56.9 cm³/mol. The highest BCUT2D eigenvalue weighted by atomic mass is 16.6. The third-order valence-electron chi connectivity index (χ3n) is 3.53. The summed E-state index contributed by atoms with van der Waals surface area (Å²) in [6, 6.07) is 0. The Kier molecular flexibility index (Phi) is 3.03. The number of carbonyl (C=O) groups excluding carboxylic acids is 1. The Bertz CT molecular complexity index is 257. The Labute approximate surface area is 86.3 Å². The lowest BCUT2D eigenvalue weighted by atomic mass is 9.85. The molecule has 1 saturated carbocycles. The van der Waals surface area contributed by atoms with E-state index in [1.54, 1.807) is 0 Å². The molecule has 0 spiro atoms. The maximum absolute atomic E-state index is 11.0. The molecule has 3 unspecified atom stereocenters. The third kappa shape index (κ3) is 1.99. The van der Waals surface area contributed by atoms with Crippen molar-refractivity contribution in [2.45, 2.75) is 46.1 Å². The third-order valence-corrected chi connectivity index (χ3v) is 3.53. The molecule has 0 radical (unpaired) electrons. The lowest BCUT2D eigenvalue weighted by Gasteiger charge is -2.31. The largest absolute Gasteiger partial charge is 0.459 e. The Balaban J connectivity index is 2.75. The van der Waals surface area contributed by atoms with Crippen molar-refractivity contribution >= 4 is 5.97 Å². The number of ether oxygens (including phenoxy) is 1. The van der Waals surface area contributed by atoms with Crippen molar-refractivity contribution in [2.24, 2.45) is 11.8 Å². The fraction of sp³-hybridized carbons (Fsp3) is 0.750. The van der Waals surface area contributed by atoms with Gasteiger partial charge in [0.2, 0.25) is 0 Å². The fourth-order valence-corrected chi connectivity index (χ4v) is 2.49. The van der Waals surface area contributed by atoms with Gasteiger partial charge < -0.3 is 4.74 Å². The normalized spacial score (nSPS) is 36.9. The van der Waals surface area contributed by atoms with Crippen molar-refractivity contribution in [2.75, 3.05) is 0 Å². The maximum atomic E-state index is 11.0. The van der Waals surface area contributed by atoms with Crippen LogP contribution in [-0.2, 0) is 9.53 Å². The molecule has 1 rings (SSSR count). The maximum Gasteiger partial charge on any atom is 0.303 e. The van der Waals surface area contributed by atoms with Crippen LogP contribution in [0, 0.1) is 11.8 Å². The van der Waals surface area contributed by atoms with Crippen LogP contribution in [0.4, 0.5) is 0 Å². The second kappa shape index (κ2) is 3.76. The van der Waals surface area contributed by atoms with E-state index in [9.17, 15) is 4.79 Å². The molecule has 0 bridgehead atoms. The van der Waals surface area contributed by atoms with Crippen LogP contribution >= 0.6 is 0 Å². The van der Waals surface area contributed by atoms with Gasteiger partial charge in [0.15, 0.2) is 0 Å². The SMILES string of the molecule is C=C(C)C1CCC(C)(OC(C)=O)C1C. The average Bonchev–Trinajstić information content (AvgIpc) is 2.27. The van der Waals surface area contributed by atoms with Crippen LogP contribution in [0.25, 0.3) is 0 Å². The number of hydrogen-bond acceptors (Lipinski definition) is 2. The van der Waals surface area contributed by atoms with Gasteiger partial charge in [-0.1, -0.05) is 19.1 Å². The first kappa shape index (κ1) is 11.3. The van der Waals surface area contributed by atoms with Gasteiger partial charge in [-0.15, -0.1) is 0 Å². The number of allylic oxidation sites excluding steroid dienone is 1. The summed E-state index contributed by atoms with van der Waals surface area (Å²) in [5, 5.41) is 0. The molecule has 3 atom stereocenters. The van der Waals surface area contributed by atoms with Crippen LogP contribution in [0.5, 0.6) is 0 Å². The molecule has 0 aliphatic heterocycles. The minimum Gasteiger partial charge on any atom is -0.459 e. The zero-order chi connectivity index (χ0) is 10.9. The molecule has 0 N–H and O–H groups in total. The van der Waals surface area contributed by atoms with Gasteiger partial charge in [0.1, 0.15) is 5.60 Å². The number of esters is 1. The van der Waals surface area contributed by atoms with Gasteiger partial charge in [-0.3, -0.25) is 4.79 Å². The molecular weight excluding hydrogens is 176 g/mol. The summed E-state index contributed by atoms with van der Waals surface area (Å²) in [6.45, 7) is 11.7. The van der Waals surface area contributed by atoms with Crippen molar-refractivity contribution in [3.05, 3.63) is 12.2 Å². The Morgan fingerprint density at radius 1 is 1.50 bits per heavy atom. The zero-order valence-corrected chi connectivity index (χ0v) is 9.59. The summed E-state index contributed by atoms with van der Waals surface area (Å²) in [5.74, 6) is 0.699. The smallest absolute Gasteiger partial charge is 0.303 e. The van der Waals surface area contributed by atoms with Gasteiger partial charge in [-0.05, 0) is 32.6 Å². The quantitative estimate of drug-likeness (QED) is 0.501. The van der Waals surface area contributed by atoms with Gasteiger partial charge in [-0.25, -0.2) is 0 Å². The standard InChI is InChI=1S/C12H20O2/c1-8(2)11-6-7-12(5,9(11)3)14-10(4)13/h9,11H,1,6-7H2,2-5H3. The van der Waals surface area contributed by atoms with E-state index < -0.39 is 0 Å². The van der Waals surface area contributed by atoms with Gasteiger partial charge >= 0.3 is 5.97 Å². The Morgan fingerprint density at radius 3 is 2.43 bits per heavy atom. The van der Waals surface area contributed by atoms with E-state index in [2.05, 4.69) is 20.4 Å². The van der Waals surface area contributed by atoms with Crippen molar-refractivity contribution in [3.63, 3.8) is 0 Å². The molecule has 14 heavy (non-hydrogen) atoms. The van der Waals surface area contributed by atoms with E-state index in [0.29, 0.717) is 11.8 Å². The van der Waals surface area contributed by atoms with E-state index in [1.807, 2.05) is 6.92 Å². The van der Waals surface area contributed by atoms with Gasteiger partial charge in [0.05, 0.1) is 0 Å². The molecule has 0 aromatic heterocycles. The minimum atomic E-state index is -0.282. The minimum absolute atomic E-state index is 0.179. The molecule has 80 valence electrons. The molecule has 0 heterocycles. The first-order valence-corrected chi connectivity index (χ1v) is 5.22. The number of rotatable bonds is 2. The van der Waals surface area contributed by atoms with Crippen molar-refractivity contribution in [1.29, 1.82) is 0 Å². The zero-order valence-electron chi connectivity index (χ0n) is 9.59. The Hall–Kier alpha value is -0.790. The summed E-state index contributed by atoms with van der Waals surface area (Å²) < 4.78 is 5.41. The number of hydrogen-bond donors (Lipinski definition) is 0. The number of carbonyl (C=O) groups is 1. The summed E-state index contributed by atoms with van der Waals surface area (Å²) >= 11 is 0. The molecule has 2 heteroatoms. The molecule has 1 fully saturated rings. The Morgan fingerprint density at radius 2 is 2.07 bits per heavy atom. The van der Waals surface area contributed by atoms with Crippen molar-refractivity contribution < 1.29 is 9.53 Å². The molecule has 0 saturated heterocycles. The van der Waals surface area contributed by atoms with Crippen LogP contribution in [0.3, 0.4) is 0 Å². The average molecular weight is 196 g/mol. The van der Waals surface area contributed by atoms with E-state index in [-0.39, 0.29) is 11.6 Å². The van der Waals surface area contributed by atoms with Crippen LogP contribution < -0.4 is 0 Å². The molecule has 2 nitrogen and oxygen atoms in total. The molecule has 1 aliphatic carbocycles. The fourth-order valence-electron chi connectivity index (χ4n) is 2.49. The second-order valence-electron chi connectivity index (χ2n) is 4.69. The highest BCUT2D eigenvalue weighted by Crippen LogP contribution is 2.45. The molecule has 0 aromatic carbocycles. The van der Waals surface area contributed by atoms with Gasteiger partial charge in [0.25, 0.3) is 0 Å². The second-order valence-corrected chi connectivity index (χ2v) is 4.69.